The van der Waals surface area contributed by atoms with Crippen LogP contribution in [-0.2, 0) is 0 Å². The van der Waals surface area contributed by atoms with Crippen LogP contribution in [0.2, 0.25) is 4.34 Å². The van der Waals surface area contributed by atoms with Crippen molar-refractivity contribution in [3.8, 4) is 0 Å². The van der Waals surface area contributed by atoms with Gasteiger partial charge in [0.05, 0.1) is 4.34 Å². The van der Waals surface area contributed by atoms with Crippen molar-refractivity contribution in [2.24, 2.45) is 0 Å². The zero-order valence-electron chi connectivity index (χ0n) is 7.96. The first kappa shape index (κ1) is 11.4. The second kappa shape index (κ2) is 4.83. The second-order valence-corrected chi connectivity index (χ2v) is 6.77. The second-order valence-electron chi connectivity index (χ2n) is 3.09. The molecule has 2 aromatic heterocycles. The minimum absolute atomic E-state index is 0.808. The van der Waals surface area contributed by atoms with Crippen molar-refractivity contribution in [2.45, 2.75) is 6.92 Å². The fourth-order valence-electron chi connectivity index (χ4n) is 1.19. The van der Waals surface area contributed by atoms with Gasteiger partial charge in [0.15, 0.2) is 0 Å². The molecule has 78 valence electrons. The number of hydrogen-bond donors (Lipinski definition) is 0. The zero-order chi connectivity index (χ0) is 10.8. The Kier molecular flexibility index (Phi) is 3.67. The molecule has 0 saturated carbocycles. The van der Waals surface area contributed by atoms with Crippen molar-refractivity contribution in [3.05, 3.63) is 41.6 Å². The number of hydrogen-bond acceptors (Lipinski definition) is 2. The molecule has 0 fully saturated rings. The Hall–Kier alpha value is -0.0900. The van der Waals surface area contributed by atoms with Crippen LogP contribution in [0.15, 0.2) is 22.0 Å². The van der Waals surface area contributed by atoms with Gasteiger partial charge in [-0.25, -0.2) is 0 Å². The smallest absolute Gasteiger partial charge is 0.0946 e. The van der Waals surface area contributed by atoms with Crippen molar-refractivity contribution in [1.29, 1.82) is 0 Å². The van der Waals surface area contributed by atoms with Crippen LogP contribution in [0.1, 0.15) is 15.3 Å². The van der Waals surface area contributed by atoms with Crippen molar-refractivity contribution >= 4 is 62.4 Å². The summed E-state index contributed by atoms with van der Waals surface area (Å²) < 4.78 is 1.86. The Labute approximate surface area is 110 Å². The Bertz CT molecular complexity index is 496. The summed E-state index contributed by atoms with van der Waals surface area (Å²) >= 11 is 12.7. The lowest BCUT2D eigenvalue weighted by Gasteiger charge is -1.86. The molecular weight excluding hydrogens is 312 g/mol. The molecule has 0 nitrogen and oxygen atoms in total. The average molecular weight is 320 g/mol. The summed E-state index contributed by atoms with van der Waals surface area (Å²) in [4.78, 5) is 2.49. The molecule has 0 aliphatic heterocycles. The van der Waals surface area contributed by atoms with E-state index in [9.17, 15) is 0 Å². The van der Waals surface area contributed by atoms with Crippen LogP contribution in [-0.4, -0.2) is 0 Å². The van der Waals surface area contributed by atoms with Gasteiger partial charge in [-0.15, -0.1) is 22.7 Å². The molecule has 0 bridgehead atoms. The Morgan fingerprint density at radius 1 is 1.33 bits per heavy atom. The average Bonchev–Trinajstić information content (AvgIpc) is 2.70. The first-order valence-electron chi connectivity index (χ1n) is 4.33. The van der Waals surface area contributed by atoms with Crippen molar-refractivity contribution in [2.75, 3.05) is 0 Å². The number of halogens is 2. The molecule has 2 heterocycles. The fourth-order valence-corrected chi connectivity index (χ4v) is 3.79. The maximum atomic E-state index is 5.91. The van der Waals surface area contributed by atoms with Crippen LogP contribution < -0.4 is 0 Å². The largest absolute Gasteiger partial charge is 0.149 e. The molecule has 15 heavy (non-hydrogen) atoms. The molecule has 0 aliphatic carbocycles. The highest BCUT2D eigenvalue weighted by atomic mass is 79.9. The summed E-state index contributed by atoms with van der Waals surface area (Å²) in [5, 5.41) is 2.15. The summed E-state index contributed by atoms with van der Waals surface area (Å²) in [5.74, 6) is 0. The van der Waals surface area contributed by atoms with E-state index in [2.05, 4.69) is 46.5 Å². The predicted molar refractivity (Wildman–Crippen MR) is 75.0 cm³/mol. The van der Waals surface area contributed by atoms with Gasteiger partial charge in [0, 0.05) is 14.2 Å². The van der Waals surface area contributed by atoms with Gasteiger partial charge >= 0.3 is 0 Å². The van der Waals surface area contributed by atoms with E-state index in [0.29, 0.717) is 0 Å². The SMILES string of the molecule is Cc1cc(C=Cc2sc(Cl)cc2Br)cs1. The third kappa shape index (κ3) is 2.94. The first-order valence-corrected chi connectivity index (χ1v) is 7.20. The van der Waals surface area contributed by atoms with E-state index in [1.807, 2.05) is 6.07 Å². The van der Waals surface area contributed by atoms with E-state index >= 15 is 0 Å². The van der Waals surface area contributed by atoms with Crippen molar-refractivity contribution in [3.63, 3.8) is 0 Å². The molecule has 2 rings (SSSR count). The van der Waals surface area contributed by atoms with E-state index < -0.39 is 0 Å². The lowest BCUT2D eigenvalue weighted by Crippen LogP contribution is -1.63. The summed E-state index contributed by atoms with van der Waals surface area (Å²) in [6.07, 6.45) is 4.19. The van der Waals surface area contributed by atoms with Gasteiger partial charge in [-0.3, -0.25) is 0 Å². The summed E-state index contributed by atoms with van der Waals surface area (Å²) in [6, 6.07) is 4.09. The summed E-state index contributed by atoms with van der Waals surface area (Å²) in [7, 11) is 0. The van der Waals surface area contributed by atoms with Crippen LogP contribution in [0.25, 0.3) is 12.2 Å². The van der Waals surface area contributed by atoms with Crippen LogP contribution in [0.4, 0.5) is 0 Å². The highest BCUT2D eigenvalue weighted by Gasteiger charge is 2.01. The van der Waals surface area contributed by atoms with E-state index in [4.69, 9.17) is 11.6 Å². The molecule has 0 spiro atoms. The molecule has 0 saturated heterocycles. The molecule has 4 heteroatoms. The number of thiophene rings is 2. The van der Waals surface area contributed by atoms with Crippen LogP contribution in [0.5, 0.6) is 0 Å². The van der Waals surface area contributed by atoms with E-state index in [1.54, 1.807) is 22.7 Å². The normalized spacial score (nSPS) is 11.4. The Balaban J connectivity index is 2.21. The molecule has 0 aromatic carbocycles. The van der Waals surface area contributed by atoms with Gasteiger partial charge in [-0.1, -0.05) is 17.7 Å². The van der Waals surface area contributed by atoms with Gasteiger partial charge in [0.1, 0.15) is 0 Å². The third-order valence-electron chi connectivity index (χ3n) is 1.86. The highest BCUT2D eigenvalue weighted by Crippen LogP contribution is 2.32. The molecule has 0 unspecified atom stereocenters. The van der Waals surface area contributed by atoms with E-state index in [0.717, 1.165) is 13.7 Å². The predicted octanol–water partition coefficient (Wildman–Crippen LogP) is 5.70. The van der Waals surface area contributed by atoms with Gasteiger partial charge in [0.25, 0.3) is 0 Å². The minimum Gasteiger partial charge on any atom is -0.149 e. The fraction of sp³-hybridized carbons (Fsp3) is 0.0909. The van der Waals surface area contributed by atoms with E-state index in [-0.39, 0.29) is 0 Å². The molecular formula is C11H8BrClS2. The van der Waals surface area contributed by atoms with Gasteiger partial charge in [0.2, 0.25) is 0 Å². The molecule has 2 aromatic rings. The number of aryl methyl sites for hydroxylation is 1. The van der Waals surface area contributed by atoms with Crippen LogP contribution >= 0.6 is 50.2 Å². The van der Waals surface area contributed by atoms with Crippen molar-refractivity contribution in [1.82, 2.24) is 0 Å². The highest BCUT2D eigenvalue weighted by molar-refractivity contribution is 9.10. The molecule has 0 aliphatic rings. The standard InChI is InChI=1S/C11H8BrClS2/c1-7-4-8(6-14-7)2-3-10-9(12)5-11(13)15-10/h2-6H,1H3. The molecule has 0 amide bonds. The molecule has 0 atom stereocenters. The summed E-state index contributed by atoms with van der Waals surface area (Å²) in [5.41, 5.74) is 1.24. The Morgan fingerprint density at radius 2 is 2.13 bits per heavy atom. The van der Waals surface area contributed by atoms with Crippen LogP contribution in [0, 0.1) is 6.92 Å². The molecule has 0 radical (unpaired) electrons. The zero-order valence-corrected chi connectivity index (χ0v) is 11.9. The monoisotopic (exact) mass is 318 g/mol. The van der Waals surface area contributed by atoms with Crippen LogP contribution in [0.3, 0.4) is 0 Å². The maximum Gasteiger partial charge on any atom is 0.0946 e. The lowest BCUT2D eigenvalue weighted by atomic mass is 10.3. The minimum atomic E-state index is 0.808. The lowest BCUT2D eigenvalue weighted by molar-refractivity contribution is 1.63. The summed E-state index contributed by atoms with van der Waals surface area (Å²) in [6.45, 7) is 2.11. The van der Waals surface area contributed by atoms with Gasteiger partial charge in [-0.2, -0.15) is 0 Å². The number of rotatable bonds is 2. The quantitative estimate of drug-likeness (QED) is 0.665. The van der Waals surface area contributed by atoms with Gasteiger partial charge < -0.3 is 0 Å². The van der Waals surface area contributed by atoms with E-state index in [1.165, 1.54) is 10.4 Å². The topological polar surface area (TPSA) is 0 Å². The third-order valence-corrected chi connectivity index (χ3v) is 4.89. The first-order chi connectivity index (χ1) is 7.15. The maximum absolute atomic E-state index is 5.91. The van der Waals surface area contributed by atoms with Crippen molar-refractivity contribution < 1.29 is 0 Å². The molecule has 0 N–H and O–H groups in total. The Morgan fingerprint density at radius 3 is 2.67 bits per heavy atom. The van der Waals surface area contributed by atoms with Gasteiger partial charge in [-0.05, 0) is 52.0 Å².